The van der Waals surface area contributed by atoms with Gasteiger partial charge in [0.15, 0.2) is 0 Å². The quantitative estimate of drug-likeness (QED) is 0.832. The van der Waals surface area contributed by atoms with E-state index in [1.54, 1.807) is 6.33 Å². The standard InChI is InChI=1S/C15H28N4/c1-13(2)10-19-14(17-12-18-19)9-15(11-16)7-5-3-4-6-8-15/h12-13H,3-11,16H2,1-2H3. The van der Waals surface area contributed by atoms with E-state index in [9.17, 15) is 0 Å². The van der Waals surface area contributed by atoms with Crippen LogP contribution in [-0.4, -0.2) is 21.3 Å². The fourth-order valence-electron chi connectivity index (χ4n) is 3.19. The molecule has 1 fully saturated rings. The molecule has 1 aromatic heterocycles. The van der Waals surface area contributed by atoms with E-state index < -0.39 is 0 Å². The fourth-order valence-corrected chi connectivity index (χ4v) is 3.19. The minimum Gasteiger partial charge on any atom is -0.330 e. The second-order valence-corrected chi connectivity index (χ2v) is 6.55. The molecule has 0 amide bonds. The zero-order chi connectivity index (χ0) is 13.7. The van der Waals surface area contributed by atoms with Crippen molar-refractivity contribution in [1.82, 2.24) is 14.8 Å². The van der Waals surface area contributed by atoms with Gasteiger partial charge in [0, 0.05) is 13.0 Å². The first-order valence-corrected chi connectivity index (χ1v) is 7.72. The predicted octanol–water partition coefficient (Wildman–Crippen LogP) is 2.78. The molecule has 0 atom stereocenters. The third kappa shape index (κ3) is 3.78. The Labute approximate surface area is 116 Å². The summed E-state index contributed by atoms with van der Waals surface area (Å²) in [6, 6.07) is 0. The number of hydrogen-bond acceptors (Lipinski definition) is 3. The summed E-state index contributed by atoms with van der Waals surface area (Å²) in [5, 5.41) is 4.38. The number of aromatic nitrogens is 3. The molecule has 2 N–H and O–H groups in total. The van der Waals surface area contributed by atoms with Crippen LogP contribution in [0.4, 0.5) is 0 Å². The first kappa shape index (κ1) is 14.5. The van der Waals surface area contributed by atoms with E-state index in [4.69, 9.17) is 5.73 Å². The maximum atomic E-state index is 6.12. The summed E-state index contributed by atoms with van der Waals surface area (Å²) in [6.07, 6.45) is 10.5. The molecular weight excluding hydrogens is 236 g/mol. The third-order valence-electron chi connectivity index (χ3n) is 4.36. The molecule has 0 bridgehead atoms. The largest absolute Gasteiger partial charge is 0.330 e. The lowest BCUT2D eigenvalue weighted by Crippen LogP contribution is -2.33. The predicted molar refractivity (Wildman–Crippen MR) is 77.8 cm³/mol. The lowest BCUT2D eigenvalue weighted by Gasteiger charge is -2.31. The molecule has 1 aliphatic rings. The number of rotatable bonds is 5. The van der Waals surface area contributed by atoms with E-state index in [-0.39, 0.29) is 5.41 Å². The molecule has 0 aromatic carbocycles. The molecule has 0 saturated heterocycles. The minimum atomic E-state index is 0.262. The van der Waals surface area contributed by atoms with Gasteiger partial charge in [-0.3, -0.25) is 0 Å². The molecule has 1 saturated carbocycles. The van der Waals surface area contributed by atoms with Crippen molar-refractivity contribution < 1.29 is 0 Å². The monoisotopic (exact) mass is 264 g/mol. The highest BCUT2D eigenvalue weighted by molar-refractivity contribution is 4.96. The normalized spacial score (nSPS) is 19.6. The van der Waals surface area contributed by atoms with Crippen LogP contribution < -0.4 is 5.73 Å². The van der Waals surface area contributed by atoms with E-state index in [0.717, 1.165) is 25.3 Å². The van der Waals surface area contributed by atoms with Gasteiger partial charge in [-0.2, -0.15) is 5.10 Å². The molecule has 4 heteroatoms. The van der Waals surface area contributed by atoms with Gasteiger partial charge in [-0.1, -0.05) is 39.5 Å². The summed E-state index contributed by atoms with van der Waals surface area (Å²) < 4.78 is 2.08. The molecule has 0 unspecified atom stereocenters. The minimum absolute atomic E-state index is 0.262. The number of nitrogens with zero attached hydrogens (tertiary/aromatic N) is 3. The van der Waals surface area contributed by atoms with Crippen molar-refractivity contribution in [3.05, 3.63) is 12.2 Å². The van der Waals surface area contributed by atoms with Gasteiger partial charge in [-0.05, 0) is 30.7 Å². The van der Waals surface area contributed by atoms with Gasteiger partial charge in [0.25, 0.3) is 0 Å². The average Bonchev–Trinajstić information content (AvgIpc) is 2.65. The van der Waals surface area contributed by atoms with E-state index in [2.05, 4.69) is 28.6 Å². The molecule has 108 valence electrons. The Kier molecular flexibility index (Phi) is 4.97. The van der Waals surface area contributed by atoms with Gasteiger partial charge in [-0.15, -0.1) is 0 Å². The van der Waals surface area contributed by atoms with Gasteiger partial charge in [-0.25, -0.2) is 9.67 Å². The molecule has 0 radical (unpaired) electrons. The summed E-state index contributed by atoms with van der Waals surface area (Å²) >= 11 is 0. The Bertz CT molecular complexity index is 375. The van der Waals surface area contributed by atoms with Crippen LogP contribution in [0.15, 0.2) is 6.33 Å². The van der Waals surface area contributed by atoms with Crippen LogP contribution in [0.3, 0.4) is 0 Å². The Balaban J connectivity index is 2.11. The van der Waals surface area contributed by atoms with Crippen LogP contribution >= 0.6 is 0 Å². The highest BCUT2D eigenvalue weighted by Gasteiger charge is 2.31. The Hall–Kier alpha value is -0.900. The summed E-state index contributed by atoms with van der Waals surface area (Å²) in [4.78, 5) is 4.48. The first-order chi connectivity index (χ1) is 9.15. The zero-order valence-electron chi connectivity index (χ0n) is 12.4. The smallest absolute Gasteiger partial charge is 0.138 e. The number of hydrogen-bond donors (Lipinski definition) is 1. The Morgan fingerprint density at radius 3 is 2.53 bits per heavy atom. The SMILES string of the molecule is CC(C)Cn1ncnc1CC1(CN)CCCCCC1. The maximum Gasteiger partial charge on any atom is 0.138 e. The molecule has 19 heavy (non-hydrogen) atoms. The van der Waals surface area contributed by atoms with Crippen molar-refractivity contribution in [2.75, 3.05) is 6.54 Å². The van der Waals surface area contributed by atoms with Crippen LogP contribution in [0, 0.1) is 11.3 Å². The van der Waals surface area contributed by atoms with Crippen molar-refractivity contribution in [2.45, 2.75) is 65.3 Å². The highest BCUT2D eigenvalue weighted by Crippen LogP contribution is 2.36. The van der Waals surface area contributed by atoms with Gasteiger partial charge in [0.2, 0.25) is 0 Å². The van der Waals surface area contributed by atoms with E-state index in [1.165, 1.54) is 38.5 Å². The molecule has 4 nitrogen and oxygen atoms in total. The second-order valence-electron chi connectivity index (χ2n) is 6.55. The van der Waals surface area contributed by atoms with Crippen LogP contribution in [0.2, 0.25) is 0 Å². The van der Waals surface area contributed by atoms with Gasteiger partial charge >= 0.3 is 0 Å². The van der Waals surface area contributed by atoms with Crippen LogP contribution in [0.25, 0.3) is 0 Å². The average molecular weight is 264 g/mol. The van der Waals surface area contributed by atoms with Gasteiger partial charge < -0.3 is 5.73 Å². The Morgan fingerprint density at radius 1 is 1.26 bits per heavy atom. The fraction of sp³-hybridized carbons (Fsp3) is 0.867. The summed E-state index contributed by atoms with van der Waals surface area (Å²) in [5.74, 6) is 1.73. The van der Waals surface area contributed by atoms with E-state index in [1.807, 2.05) is 0 Å². The summed E-state index contributed by atoms with van der Waals surface area (Å²) in [7, 11) is 0. The van der Waals surface area contributed by atoms with Crippen molar-refractivity contribution in [2.24, 2.45) is 17.1 Å². The molecule has 0 aliphatic heterocycles. The molecular formula is C15H28N4. The summed E-state index contributed by atoms with van der Waals surface area (Å²) in [5.41, 5.74) is 6.38. The topological polar surface area (TPSA) is 56.7 Å². The van der Waals surface area contributed by atoms with Crippen molar-refractivity contribution in [3.8, 4) is 0 Å². The lowest BCUT2D eigenvalue weighted by atomic mass is 9.77. The summed E-state index contributed by atoms with van der Waals surface area (Å²) in [6.45, 7) is 6.17. The second kappa shape index (κ2) is 6.51. The first-order valence-electron chi connectivity index (χ1n) is 7.72. The highest BCUT2D eigenvalue weighted by atomic mass is 15.3. The van der Waals surface area contributed by atoms with Crippen molar-refractivity contribution in [3.63, 3.8) is 0 Å². The van der Waals surface area contributed by atoms with Crippen LogP contribution in [0.5, 0.6) is 0 Å². The van der Waals surface area contributed by atoms with Crippen molar-refractivity contribution in [1.29, 1.82) is 0 Å². The maximum absolute atomic E-state index is 6.12. The molecule has 2 rings (SSSR count). The van der Waals surface area contributed by atoms with Gasteiger partial charge in [0.05, 0.1) is 0 Å². The Morgan fingerprint density at radius 2 is 1.95 bits per heavy atom. The van der Waals surface area contributed by atoms with Crippen LogP contribution in [-0.2, 0) is 13.0 Å². The third-order valence-corrected chi connectivity index (χ3v) is 4.36. The van der Waals surface area contributed by atoms with E-state index >= 15 is 0 Å². The van der Waals surface area contributed by atoms with Crippen LogP contribution in [0.1, 0.15) is 58.2 Å². The number of nitrogens with two attached hydrogens (primary N) is 1. The van der Waals surface area contributed by atoms with E-state index in [0.29, 0.717) is 5.92 Å². The molecule has 0 spiro atoms. The molecule has 1 heterocycles. The van der Waals surface area contributed by atoms with Gasteiger partial charge in [0.1, 0.15) is 12.2 Å². The molecule has 1 aliphatic carbocycles. The molecule has 1 aromatic rings. The zero-order valence-corrected chi connectivity index (χ0v) is 12.4. The van der Waals surface area contributed by atoms with Crippen molar-refractivity contribution >= 4 is 0 Å². The lowest BCUT2D eigenvalue weighted by molar-refractivity contribution is 0.241.